The molecule has 0 heterocycles. The summed E-state index contributed by atoms with van der Waals surface area (Å²) >= 11 is 0. The minimum Gasteiger partial charge on any atom is -0.469 e. The van der Waals surface area contributed by atoms with Gasteiger partial charge >= 0.3 is 5.97 Å². The molecule has 0 spiro atoms. The van der Waals surface area contributed by atoms with Crippen molar-refractivity contribution in [2.45, 2.75) is 25.8 Å². The number of amides is 1. The highest BCUT2D eigenvalue weighted by molar-refractivity contribution is 5.94. The molecule has 21 heavy (non-hydrogen) atoms. The van der Waals surface area contributed by atoms with Gasteiger partial charge in [0.05, 0.1) is 26.2 Å². The fourth-order valence-corrected chi connectivity index (χ4v) is 1.97. The number of ether oxygens (including phenoxy) is 1. The predicted octanol–water partition coefficient (Wildman–Crippen LogP) is 1.60. The van der Waals surface area contributed by atoms with Crippen molar-refractivity contribution in [3.05, 3.63) is 35.6 Å². The molecular weight excluding hydrogens is 277 g/mol. The van der Waals surface area contributed by atoms with Crippen LogP contribution in [0.4, 0.5) is 4.39 Å². The van der Waals surface area contributed by atoms with Crippen LogP contribution in [0.2, 0.25) is 0 Å². The van der Waals surface area contributed by atoms with E-state index in [1.165, 1.54) is 36.3 Å². The average Bonchev–Trinajstić information content (AvgIpc) is 2.51. The second-order valence-corrected chi connectivity index (χ2v) is 4.58. The van der Waals surface area contributed by atoms with Crippen molar-refractivity contribution in [1.82, 2.24) is 4.90 Å². The highest BCUT2D eigenvalue weighted by Gasteiger charge is 2.23. The van der Waals surface area contributed by atoms with Crippen LogP contribution in [0.3, 0.4) is 0 Å². The van der Waals surface area contributed by atoms with Crippen molar-refractivity contribution in [2.75, 3.05) is 20.3 Å². The number of methoxy groups -OCH3 is 1. The number of esters is 1. The fraction of sp³-hybridized carbons (Fsp3) is 0.467. The number of carbonyl (C=O) groups is 2. The summed E-state index contributed by atoms with van der Waals surface area (Å²) in [7, 11) is 1.28. The minimum absolute atomic E-state index is 0.0416. The zero-order chi connectivity index (χ0) is 15.8. The van der Waals surface area contributed by atoms with E-state index < -0.39 is 17.8 Å². The van der Waals surface area contributed by atoms with E-state index in [0.29, 0.717) is 12.0 Å². The van der Waals surface area contributed by atoms with Gasteiger partial charge in [0.1, 0.15) is 5.82 Å². The highest BCUT2D eigenvalue weighted by atomic mass is 19.1. The summed E-state index contributed by atoms with van der Waals surface area (Å²) in [5.41, 5.74) is 0.313. The zero-order valence-electron chi connectivity index (χ0n) is 12.2. The summed E-state index contributed by atoms with van der Waals surface area (Å²) < 4.78 is 17.5. The monoisotopic (exact) mass is 297 g/mol. The lowest BCUT2D eigenvalue weighted by molar-refractivity contribution is -0.140. The van der Waals surface area contributed by atoms with E-state index >= 15 is 0 Å². The maximum absolute atomic E-state index is 12.9. The van der Waals surface area contributed by atoms with E-state index in [-0.39, 0.29) is 25.5 Å². The van der Waals surface area contributed by atoms with Gasteiger partial charge in [0.15, 0.2) is 0 Å². The molecule has 1 rings (SSSR count). The smallest absolute Gasteiger partial charge is 0.307 e. The molecule has 5 nitrogen and oxygen atoms in total. The number of aliphatic hydroxyl groups is 1. The SMILES string of the molecule is CCC(CO)N(CCC(=O)OC)C(=O)c1ccc(F)cc1. The summed E-state index contributed by atoms with van der Waals surface area (Å²) in [4.78, 5) is 25.1. The van der Waals surface area contributed by atoms with E-state index in [2.05, 4.69) is 4.74 Å². The van der Waals surface area contributed by atoms with Crippen molar-refractivity contribution in [1.29, 1.82) is 0 Å². The molecule has 0 aliphatic carbocycles. The van der Waals surface area contributed by atoms with Crippen LogP contribution >= 0.6 is 0 Å². The summed E-state index contributed by atoms with van der Waals surface area (Å²) in [6, 6.07) is 4.77. The first-order chi connectivity index (χ1) is 10.0. The van der Waals surface area contributed by atoms with Crippen molar-refractivity contribution >= 4 is 11.9 Å². The van der Waals surface area contributed by atoms with Crippen LogP contribution < -0.4 is 0 Å². The van der Waals surface area contributed by atoms with Crippen LogP contribution in [0.25, 0.3) is 0 Å². The Balaban J connectivity index is 2.90. The van der Waals surface area contributed by atoms with Gasteiger partial charge in [-0.05, 0) is 30.7 Å². The summed E-state index contributed by atoms with van der Waals surface area (Å²) in [6.45, 7) is 1.77. The van der Waals surface area contributed by atoms with Crippen LogP contribution in [0, 0.1) is 5.82 Å². The molecule has 1 N–H and O–H groups in total. The molecule has 0 saturated carbocycles. The summed E-state index contributed by atoms with van der Waals surface area (Å²) in [6.07, 6.45) is 0.588. The predicted molar refractivity (Wildman–Crippen MR) is 75.2 cm³/mol. The Hall–Kier alpha value is -1.95. The van der Waals surface area contributed by atoms with Crippen molar-refractivity contribution in [3.63, 3.8) is 0 Å². The number of hydrogen-bond donors (Lipinski definition) is 1. The molecule has 1 unspecified atom stereocenters. The second kappa shape index (κ2) is 8.36. The number of nitrogens with zero attached hydrogens (tertiary/aromatic N) is 1. The lowest BCUT2D eigenvalue weighted by Gasteiger charge is -2.29. The molecule has 1 aromatic rings. The summed E-state index contributed by atoms with van der Waals surface area (Å²) in [5.74, 6) is -1.21. The number of benzene rings is 1. The lowest BCUT2D eigenvalue weighted by Crippen LogP contribution is -2.43. The maximum atomic E-state index is 12.9. The molecule has 1 amide bonds. The van der Waals surface area contributed by atoms with Crippen LogP contribution in [-0.2, 0) is 9.53 Å². The Morgan fingerprint density at radius 1 is 1.33 bits per heavy atom. The van der Waals surface area contributed by atoms with Crippen molar-refractivity contribution in [2.24, 2.45) is 0 Å². The van der Waals surface area contributed by atoms with Crippen LogP contribution in [0.15, 0.2) is 24.3 Å². The number of halogens is 1. The third kappa shape index (κ3) is 4.82. The Bertz CT molecular complexity index is 471. The third-order valence-electron chi connectivity index (χ3n) is 3.26. The zero-order valence-corrected chi connectivity index (χ0v) is 12.2. The molecule has 1 aromatic carbocycles. The first-order valence-electron chi connectivity index (χ1n) is 6.77. The van der Waals surface area contributed by atoms with E-state index in [1.54, 1.807) is 0 Å². The van der Waals surface area contributed by atoms with E-state index in [9.17, 15) is 19.1 Å². The Morgan fingerprint density at radius 2 is 1.95 bits per heavy atom. The molecule has 1 atom stereocenters. The number of hydrogen-bond acceptors (Lipinski definition) is 4. The highest BCUT2D eigenvalue weighted by Crippen LogP contribution is 2.13. The molecule has 0 aliphatic heterocycles. The van der Waals surface area contributed by atoms with Gasteiger partial charge < -0.3 is 14.7 Å². The molecular formula is C15H20FNO4. The van der Waals surface area contributed by atoms with Crippen LogP contribution in [0.5, 0.6) is 0 Å². The Morgan fingerprint density at radius 3 is 2.43 bits per heavy atom. The maximum Gasteiger partial charge on any atom is 0.307 e. The van der Waals surface area contributed by atoms with Gasteiger partial charge in [-0.1, -0.05) is 6.92 Å². The second-order valence-electron chi connectivity index (χ2n) is 4.58. The van der Waals surface area contributed by atoms with E-state index in [1.807, 2.05) is 6.92 Å². The Kier molecular flexibility index (Phi) is 6.81. The van der Waals surface area contributed by atoms with Crippen molar-refractivity contribution < 1.29 is 23.8 Å². The quantitative estimate of drug-likeness (QED) is 0.776. The van der Waals surface area contributed by atoms with Crippen LogP contribution in [0.1, 0.15) is 30.1 Å². The average molecular weight is 297 g/mol. The Labute approximate surface area is 123 Å². The third-order valence-corrected chi connectivity index (χ3v) is 3.26. The molecule has 0 bridgehead atoms. The van der Waals surface area contributed by atoms with Crippen LogP contribution in [-0.4, -0.2) is 48.2 Å². The van der Waals surface area contributed by atoms with Gasteiger partial charge in [0.2, 0.25) is 0 Å². The van der Waals surface area contributed by atoms with Gasteiger partial charge in [-0.2, -0.15) is 0 Å². The molecule has 0 aliphatic rings. The molecule has 0 aromatic heterocycles. The first-order valence-corrected chi connectivity index (χ1v) is 6.77. The van der Waals surface area contributed by atoms with Crippen molar-refractivity contribution in [3.8, 4) is 0 Å². The molecule has 0 fully saturated rings. The molecule has 6 heteroatoms. The lowest BCUT2D eigenvalue weighted by atomic mass is 10.1. The van der Waals surface area contributed by atoms with E-state index in [4.69, 9.17) is 0 Å². The number of rotatable bonds is 7. The van der Waals surface area contributed by atoms with Gasteiger partial charge in [-0.15, -0.1) is 0 Å². The molecule has 0 saturated heterocycles. The first kappa shape index (κ1) is 17.1. The summed E-state index contributed by atoms with van der Waals surface area (Å²) in [5, 5.41) is 9.39. The van der Waals surface area contributed by atoms with E-state index in [0.717, 1.165) is 0 Å². The van der Waals surface area contributed by atoms with Gasteiger partial charge in [-0.25, -0.2) is 4.39 Å². The topological polar surface area (TPSA) is 66.8 Å². The van der Waals surface area contributed by atoms with Gasteiger partial charge in [0, 0.05) is 12.1 Å². The minimum atomic E-state index is -0.431. The molecule has 0 radical (unpaired) electrons. The standard InChI is InChI=1S/C15H20FNO4/c1-3-13(10-18)17(9-8-14(19)21-2)15(20)11-4-6-12(16)7-5-11/h4-7,13,18H,3,8-10H2,1-2H3. The van der Waals surface area contributed by atoms with Gasteiger partial charge in [0.25, 0.3) is 5.91 Å². The fourth-order valence-electron chi connectivity index (χ4n) is 1.97. The van der Waals surface area contributed by atoms with Gasteiger partial charge in [-0.3, -0.25) is 9.59 Å². The number of carbonyl (C=O) groups excluding carboxylic acids is 2. The molecule has 116 valence electrons. The largest absolute Gasteiger partial charge is 0.469 e. The normalized spacial score (nSPS) is 11.8. The number of aliphatic hydroxyl groups excluding tert-OH is 1.